The molecule has 0 aromatic heterocycles. The van der Waals surface area contributed by atoms with Crippen LogP contribution in [0.3, 0.4) is 0 Å². The minimum Gasteiger partial charge on any atom is -0.479 e. The fraction of sp³-hybridized carbons (Fsp3) is 0.562. The van der Waals surface area contributed by atoms with E-state index in [4.69, 9.17) is 4.74 Å². The zero-order valence-corrected chi connectivity index (χ0v) is 13.4. The Morgan fingerprint density at radius 2 is 2.08 bits per heavy atom. The van der Waals surface area contributed by atoms with Crippen LogP contribution in [0.4, 0.5) is 14.5 Å². The third kappa shape index (κ3) is 2.82. The molecule has 0 spiro atoms. The second-order valence-electron chi connectivity index (χ2n) is 6.35. The van der Waals surface area contributed by atoms with Gasteiger partial charge in [0.25, 0.3) is 5.69 Å². The van der Waals surface area contributed by atoms with Crippen LogP contribution in [0.1, 0.15) is 30.9 Å². The van der Waals surface area contributed by atoms with E-state index in [2.05, 4.69) is 0 Å². The number of ether oxygens (including phenoxy) is 1. The Morgan fingerprint density at radius 1 is 1.36 bits per heavy atom. The van der Waals surface area contributed by atoms with Crippen molar-refractivity contribution < 1.29 is 28.3 Å². The van der Waals surface area contributed by atoms with Crippen LogP contribution in [0.5, 0.6) is 5.75 Å². The van der Waals surface area contributed by atoms with Crippen molar-refractivity contribution in [3.05, 3.63) is 33.9 Å². The number of piperidine rings is 1. The van der Waals surface area contributed by atoms with Crippen LogP contribution in [-0.2, 0) is 4.79 Å². The van der Waals surface area contributed by atoms with Gasteiger partial charge in [0.2, 0.25) is 5.91 Å². The summed E-state index contributed by atoms with van der Waals surface area (Å²) in [7, 11) is 0. The lowest BCUT2D eigenvalue weighted by Crippen LogP contribution is -2.61. The van der Waals surface area contributed by atoms with Gasteiger partial charge in [0.15, 0.2) is 5.60 Å². The Balaban J connectivity index is 2.13. The lowest BCUT2D eigenvalue weighted by molar-refractivity contribution is -0.385. The van der Waals surface area contributed by atoms with Crippen molar-refractivity contribution >= 4 is 11.6 Å². The minimum absolute atomic E-state index is 0.0366. The molecule has 1 N–H and O–H groups in total. The Bertz CT molecular complexity index is 695. The van der Waals surface area contributed by atoms with Gasteiger partial charge in [-0.2, -0.15) is 0 Å². The number of fused-ring (bicyclic) bond motifs is 1. The number of hydrogen-bond acceptors (Lipinski definition) is 5. The van der Waals surface area contributed by atoms with Gasteiger partial charge in [-0.1, -0.05) is 0 Å². The molecule has 0 unspecified atom stereocenters. The first-order valence-electron chi connectivity index (χ1n) is 8.00. The molecular weight excluding hydrogens is 338 g/mol. The molecule has 3 rings (SSSR count). The van der Waals surface area contributed by atoms with Gasteiger partial charge in [0.05, 0.1) is 11.0 Å². The number of nitro benzene ring substituents is 1. The van der Waals surface area contributed by atoms with Gasteiger partial charge in [0, 0.05) is 30.7 Å². The molecule has 0 saturated carbocycles. The maximum atomic E-state index is 13.6. The summed E-state index contributed by atoms with van der Waals surface area (Å²) in [6, 6.07) is 2.50. The number of alkyl halides is 2. The maximum absolute atomic E-state index is 13.6. The number of nitro groups is 1. The summed E-state index contributed by atoms with van der Waals surface area (Å²) in [6.45, 7) is -2.28. The molecular formula is C16H18F2N2O5. The average molecular weight is 356 g/mol. The molecule has 0 aliphatic carbocycles. The number of likely N-dealkylation sites (tertiary alicyclic amines) is 1. The second kappa shape index (κ2) is 6.55. The fourth-order valence-electron chi connectivity index (χ4n) is 3.42. The van der Waals surface area contributed by atoms with Gasteiger partial charge in [-0.25, -0.2) is 8.78 Å². The number of hydrogen-bond donors (Lipinski definition) is 1. The Kier molecular flexibility index (Phi) is 4.59. The Labute approximate surface area is 142 Å². The number of rotatable bonds is 4. The van der Waals surface area contributed by atoms with Crippen molar-refractivity contribution in [1.82, 2.24) is 4.90 Å². The molecule has 1 aromatic carbocycles. The van der Waals surface area contributed by atoms with Crippen LogP contribution >= 0.6 is 0 Å². The molecule has 2 aliphatic heterocycles. The number of carbonyl (C=O) groups excluding carboxylic acids is 1. The van der Waals surface area contributed by atoms with Crippen molar-refractivity contribution in [1.29, 1.82) is 0 Å². The highest BCUT2D eigenvalue weighted by Crippen LogP contribution is 2.45. The fourth-order valence-corrected chi connectivity index (χ4v) is 3.42. The van der Waals surface area contributed by atoms with Gasteiger partial charge < -0.3 is 14.7 Å². The summed E-state index contributed by atoms with van der Waals surface area (Å²) in [6.07, 6.45) is -0.0577. The Hall–Kier alpha value is -2.29. The smallest absolute Gasteiger partial charge is 0.270 e. The van der Waals surface area contributed by atoms with E-state index in [9.17, 15) is 28.8 Å². The molecule has 136 valence electrons. The molecule has 1 amide bonds. The molecule has 25 heavy (non-hydrogen) atoms. The zero-order valence-electron chi connectivity index (χ0n) is 13.4. The molecule has 2 aliphatic rings. The predicted octanol–water partition coefficient (Wildman–Crippen LogP) is 2.08. The number of aliphatic hydroxyl groups excluding tert-OH is 1. The first-order chi connectivity index (χ1) is 11.9. The number of halogens is 2. The van der Waals surface area contributed by atoms with Crippen LogP contribution in [-0.4, -0.2) is 52.4 Å². The SMILES string of the molecule is O=C1CCCCN1[C@@H]1c2cc([N+](=O)[O-])ccc2OC(CF)(CF)[C@H]1O. The molecule has 1 aromatic rings. The maximum Gasteiger partial charge on any atom is 0.270 e. The van der Waals surface area contributed by atoms with Crippen LogP contribution in [0.2, 0.25) is 0 Å². The number of nitrogens with zero attached hydrogens (tertiary/aromatic N) is 2. The van der Waals surface area contributed by atoms with E-state index in [1.54, 1.807) is 0 Å². The van der Waals surface area contributed by atoms with E-state index < -0.39 is 36.0 Å². The van der Waals surface area contributed by atoms with Crippen molar-refractivity contribution in [2.45, 2.75) is 37.0 Å². The zero-order chi connectivity index (χ0) is 18.2. The second-order valence-corrected chi connectivity index (χ2v) is 6.35. The Morgan fingerprint density at radius 3 is 2.68 bits per heavy atom. The van der Waals surface area contributed by atoms with E-state index in [-0.39, 0.29) is 29.3 Å². The molecule has 0 bridgehead atoms. The first kappa shape index (κ1) is 17.5. The summed E-state index contributed by atoms with van der Waals surface area (Å²) in [4.78, 5) is 24.1. The molecule has 1 fully saturated rings. The van der Waals surface area contributed by atoms with Crippen LogP contribution in [0, 0.1) is 10.1 Å². The monoisotopic (exact) mass is 356 g/mol. The average Bonchev–Trinajstić information content (AvgIpc) is 2.62. The summed E-state index contributed by atoms with van der Waals surface area (Å²) in [5.74, 6) is -0.226. The first-order valence-corrected chi connectivity index (χ1v) is 8.00. The van der Waals surface area contributed by atoms with E-state index in [0.717, 1.165) is 6.07 Å². The lowest BCUT2D eigenvalue weighted by atomic mass is 9.83. The normalized spacial score (nSPS) is 25.2. The van der Waals surface area contributed by atoms with Gasteiger partial charge in [0.1, 0.15) is 25.2 Å². The van der Waals surface area contributed by atoms with Crippen LogP contribution in [0.25, 0.3) is 0 Å². The summed E-state index contributed by atoms with van der Waals surface area (Å²) in [5, 5.41) is 21.7. The summed E-state index contributed by atoms with van der Waals surface area (Å²) < 4.78 is 32.5. The number of carbonyl (C=O) groups is 1. The standard InChI is InChI=1S/C16H18F2N2O5/c17-8-16(9-18)15(22)14(19-6-2-1-3-13(19)21)11-7-10(20(23)24)4-5-12(11)25-16/h4-5,7,14-15,22H,1-3,6,8-9H2/t14-,15+/m1/s1. The van der Waals surface area contributed by atoms with Crippen molar-refractivity contribution in [3.8, 4) is 5.75 Å². The van der Waals surface area contributed by atoms with E-state index in [1.807, 2.05) is 0 Å². The highest BCUT2D eigenvalue weighted by molar-refractivity contribution is 5.78. The van der Waals surface area contributed by atoms with Gasteiger partial charge in [-0.3, -0.25) is 14.9 Å². The van der Waals surface area contributed by atoms with Crippen molar-refractivity contribution in [2.24, 2.45) is 0 Å². The molecule has 9 heteroatoms. The summed E-state index contributed by atoms with van der Waals surface area (Å²) >= 11 is 0. The summed E-state index contributed by atoms with van der Waals surface area (Å²) in [5.41, 5.74) is -2.20. The quantitative estimate of drug-likeness (QED) is 0.659. The molecule has 0 radical (unpaired) electrons. The van der Waals surface area contributed by atoms with Crippen LogP contribution < -0.4 is 4.74 Å². The highest BCUT2D eigenvalue weighted by Gasteiger charge is 2.53. The van der Waals surface area contributed by atoms with E-state index in [0.29, 0.717) is 19.4 Å². The van der Waals surface area contributed by atoms with E-state index in [1.165, 1.54) is 17.0 Å². The number of amides is 1. The molecule has 2 heterocycles. The largest absolute Gasteiger partial charge is 0.479 e. The molecule has 2 atom stereocenters. The van der Waals surface area contributed by atoms with Gasteiger partial charge in [-0.15, -0.1) is 0 Å². The van der Waals surface area contributed by atoms with Crippen molar-refractivity contribution in [3.63, 3.8) is 0 Å². The minimum atomic E-state index is -2.13. The third-order valence-corrected chi connectivity index (χ3v) is 4.82. The number of benzene rings is 1. The number of non-ortho nitro benzene ring substituents is 1. The topological polar surface area (TPSA) is 92.9 Å². The third-order valence-electron chi connectivity index (χ3n) is 4.82. The molecule has 1 saturated heterocycles. The van der Waals surface area contributed by atoms with Gasteiger partial charge >= 0.3 is 0 Å². The van der Waals surface area contributed by atoms with E-state index >= 15 is 0 Å². The number of aliphatic hydroxyl groups is 1. The predicted molar refractivity (Wildman–Crippen MR) is 82.7 cm³/mol. The van der Waals surface area contributed by atoms with Crippen molar-refractivity contribution in [2.75, 3.05) is 19.9 Å². The molecule has 7 nitrogen and oxygen atoms in total. The van der Waals surface area contributed by atoms with Gasteiger partial charge in [-0.05, 0) is 18.9 Å². The lowest BCUT2D eigenvalue weighted by Gasteiger charge is -2.47. The highest BCUT2D eigenvalue weighted by atomic mass is 19.1. The van der Waals surface area contributed by atoms with Crippen LogP contribution in [0.15, 0.2) is 18.2 Å².